The van der Waals surface area contributed by atoms with E-state index in [0.29, 0.717) is 6.42 Å². The van der Waals surface area contributed by atoms with Crippen LogP contribution < -0.4 is 0 Å². The van der Waals surface area contributed by atoms with E-state index in [4.69, 9.17) is 15.6 Å². The van der Waals surface area contributed by atoms with Gasteiger partial charge in [-0.25, -0.2) is 4.79 Å². The van der Waals surface area contributed by atoms with Crippen LogP contribution in [0.5, 0.6) is 0 Å². The summed E-state index contributed by atoms with van der Waals surface area (Å²) in [6.07, 6.45) is 0.297. The number of aliphatic carboxylic acids is 2. The van der Waals surface area contributed by atoms with Crippen LogP contribution in [-0.4, -0.2) is 51.6 Å². The zero-order valence-corrected chi connectivity index (χ0v) is 11.0. The van der Waals surface area contributed by atoms with Crippen LogP contribution in [0.15, 0.2) is 10.2 Å². The molecule has 0 aromatic rings. The van der Waals surface area contributed by atoms with Gasteiger partial charge in [0.2, 0.25) is 0 Å². The Morgan fingerprint density at radius 3 is 2.26 bits per heavy atom. The van der Waals surface area contributed by atoms with Gasteiger partial charge in [-0.15, -0.1) is 10.2 Å². The SMILES string of the molecule is CC(C)CC(=N)N(CCC(=O)O)CC1(C(=O)O)N=N1. The standard InChI is InChI=1S/C11H18N4O4/c1-7(2)5-8(12)15(4-3-9(16)17)6-11(10(18)19)13-14-11/h7,12H,3-6H2,1-2H3,(H,16,17)(H,18,19). The van der Waals surface area contributed by atoms with Crippen molar-refractivity contribution in [1.82, 2.24) is 4.90 Å². The maximum atomic E-state index is 11.0. The third-order valence-corrected chi connectivity index (χ3v) is 2.67. The monoisotopic (exact) mass is 270 g/mol. The van der Waals surface area contributed by atoms with E-state index in [0.717, 1.165) is 0 Å². The number of carbonyl (C=O) groups is 2. The molecule has 1 rings (SSSR count). The van der Waals surface area contributed by atoms with Gasteiger partial charge in [-0.05, 0) is 5.92 Å². The molecule has 0 radical (unpaired) electrons. The fourth-order valence-electron chi connectivity index (χ4n) is 1.60. The van der Waals surface area contributed by atoms with E-state index in [2.05, 4.69) is 10.2 Å². The molecule has 0 atom stereocenters. The number of nitrogens with zero attached hydrogens (tertiary/aromatic N) is 3. The molecule has 0 unspecified atom stereocenters. The first-order valence-corrected chi connectivity index (χ1v) is 5.98. The summed E-state index contributed by atoms with van der Waals surface area (Å²) in [6.45, 7) is 3.87. The molecule has 1 aliphatic heterocycles. The normalized spacial score (nSPS) is 15.3. The second-order valence-corrected chi connectivity index (χ2v) is 4.93. The molecule has 1 heterocycles. The maximum absolute atomic E-state index is 11.0. The van der Waals surface area contributed by atoms with Gasteiger partial charge in [0.15, 0.2) is 0 Å². The van der Waals surface area contributed by atoms with Gasteiger partial charge in [0.25, 0.3) is 0 Å². The predicted octanol–water partition coefficient (Wildman–Crippen LogP) is 1.03. The van der Waals surface area contributed by atoms with Crippen molar-refractivity contribution in [3.63, 3.8) is 0 Å². The third-order valence-electron chi connectivity index (χ3n) is 2.67. The van der Waals surface area contributed by atoms with E-state index in [1.807, 2.05) is 13.8 Å². The number of rotatable bonds is 8. The quantitative estimate of drug-likeness (QED) is 0.448. The molecule has 8 heteroatoms. The van der Waals surface area contributed by atoms with Crippen molar-refractivity contribution >= 4 is 17.8 Å². The molecule has 1 aliphatic rings. The van der Waals surface area contributed by atoms with E-state index in [1.165, 1.54) is 4.90 Å². The molecule has 106 valence electrons. The highest BCUT2D eigenvalue weighted by Crippen LogP contribution is 2.29. The fourth-order valence-corrected chi connectivity index (χ4v) is 1.60. The van der Waals surface area contributed by atoms with Crippen LogP contribution in [0, 0.1) is 11.3 Å². The molecular weight excluding hydrogens is 252 g/mol. The Morgan fingerprint density at radius 2 is 1.89 bits per heavy atom. The molecular formula is C11H18N4O4. The van der Waals surface area contributed by atoms with Gasteiger partial charge >= 0.3 is 17.6 Å². The Hall–Kier alpha value is -1.99. The number of nitrogens with one attached hydrogen (secondary N) is 1. The second-order valence-electron chi connectivity index (χ2n) is 4.93. The summed E-state index contributed by atoms with van der Waals surface area (Å²) in [5.74, 6) is -1.72. The fraction of sp³-hybridized carbons (Fsp3) is 0.727. The Bertz CT molecular complexity index is 413. The molecule has 0 amide bonds. The van der Waals surface area contributed by atoms with Crippen molar-refractivity contribution in [2.75, 3.05) is 13.1 Å². The summed E-state index contributed by atoms with van der Waals surface area (Å²) < 4.78 is 0. The molecule has 0 fully saturated rings. The van der Waals surface area contributed by atoms with Crippen LogP contribution in [-0.2, 0) is 9.59 Å². The topological polar surface area (TPSA) is 126 Å². The number of carboxylic acid groups (broad SMARTS) is 2. The van der Waals surface area contributed by atoms with Crippen LogP contribution in [0.2, 0.25) is 0 Å². The van der Waals surface area contributed by atoms with Crippen LogP contribution >= 0.6 is 0 Å². The minimum atomic E-state index is -1.51. The summed E-state index contributed by atoms with van der Waals surface area (Å²) in [5, 5.41) is 32.6. The van der Waals surface area contributed by atoms with Crippen LogP contribution in [0.4, 0.5) is 0 Å². The molecule has 8 nitrogen and oxygen atoms in total. The van der Waals surface area contributed by atoms with Gasteiger partial charge in [0, 0.05) is 13.0 Å². The van der Waals surface area contributed by atoms with Gasteiger partial charge in [0.1, 0.15) is 0 Å². The first-order valence-electron chi connectivity index (χ1n) is 5.98. The van der Waals surface area contributed by atoms with Gasteiger partial charge in [-0.3, -0.25) is 10.2 Å². The summed E-state index contributed by atoms with van der Waals surface area (Å²) in [6, 6.07) is 0. The lowest BCUT2D eigenvalue weighted by atomic mass is 10.1. The Morgan fingerprint density at radius 1 is 1.32 bits per heavy atom. The summed E-state index contributed by atoms with van der Waals surface area (Å²) in [4.78, 5) is 23.0. The van der Waals surface area contributed by atoms with Crippen LogP contribution in [0.1, 0.15) is 26.7 Å². The highest BCUT2D eigenvalue weighted by molar-refractivity contribution is 5.84. The van der Waals surface area contributed by atoms with Crippen molar-refractivity contribution in [3.8, 4) is 0 Å². The van der Waals surface area contributed by atoms with Gasteiger partial charge < -0.3 is 15.1 Å². The molecule has 0 spiro atoms. The maximum Gasteiger partial charge on any atom is 0.360 e. The number of amidine groups is 1. The van der Waals surface area contributed by atoms with Crippen molar-refractivity contribution in [2.45, 2.75) is 32.4 Å². The van der Waals surface area contributed by atoms with Crippen LogP contribution in [0.3, 0.4) is 0 Å². The lowest BCUT2D eigenvalue weighted by molar-refractivity contribution is -0.140. The van der Waals surface area contributed by atoms with Crippen molar-refractivity contribution in [3.05, 3.63) is 0 Å². The molecule has 0 bridgehead atoms. The highest BCUT2D eigenvalue weighted by Gasteiger charge is 2.50. The van der Waals surface area contributed by atoms with Crippen molar-refractivity contribution in [1.29, 1.82) is 5.41 Å². The van der Waals surface area contributed by atoms with Gasteiger partial charge in [-0.1, -0.05) is 13.8 Å². The zero-order valence-electron chi connectivity index (χ0n) is 11.0. The molecule has 0 aromatic carbocycles. The molecule has 0 saturated heterocycles. The minimum Gasteiger partial charge on any atom is -0.481 e. The minimum absolute atomic E-state index is 0.0822. The molecule has 0 saturated carbocycles. The molecule has 3 N–H and O–H groups in total. The van der Waals surface area contributed by atoms with E-state index >= 15 is 0 Å². The van der Waals surface area contributed by atoms with E-state index < -0.39 is 17.6 Å². The highest BCUT2D eigenvalue weighted by atomic mass is 16.4. The lowest BCUT2D eigenvalue weighted by Gasteiger charge is -2.26. The number of hydrogen-bond acceptors (Lipinski definition) is 5. The molecule has 19 heavy (non-hydrogen) atoms. The molecule has 0 aliphatic carbocycles. The van der Waals surface area contributed by atoms with Crippen molar-refractivity contribution < 1.29 is 19.8 Å². The second kappa shape index (κ2) is 5.77. The van der Waals surface area contributed by atoms with Gasteiger partial charge in [0.05, 0.1) is 18.8 Å². The Kier molecular flexibility index (Phi) is 4.57. The molecule has 0 aromatic heterocycles. The largest absolute Gasteiger partial charge is 0.481 e. The number of hydrogen-bond donors (Lipinski definition) is 3. The predicted molar refractivity (Wildman–Crippen MR) is 66.2 cm³/mol. The van der Waals surface area contributed by atoms with Crippen LogP contribution in [0.25, 0.3) is 0 Å². The van der Waals surface area contributed by atoms with E-state index in [9.17, 15) is 9.59 Å². The Labute approximate surface area is 110 Å². The average molecular weight is 270 g/mol. The lowest BCUT2D eigenvalue weighted by Crippen LogP contribution is -2.44. The van der Waals surface area contributed by atoms with Gasteiger partial charge in [-0.2, -0.15) is 0 Å². The summed E-state index contributed by atoms with van der Waals surface area (Å²) in [5.41, 5.74) is -1.51. The van der Waals surface area contributed by atoms with E-state index in [1.54, 1.807) is 0 Å². The van der Waals surface area contributed by atoms with Crippen molar-refractivity contribution in [2.24, 2.45) is 16.1 Å². The summed E-state index contributed by atoms with van der Waals surface area (Å²) >= 11 is 0. The summed E-state index contributed by atoms with van der Waals surface area (Å²) in [7, 11) is 0. The average Bonchev–Trinajstić information content (AvgIpc) is 3.03. The third kappa shape index (κ3) is 4.31. The van der Waals surface area contributed by atoms with E-state index in [-0.39, 0.29) is 31.3 Å². The zero-order chi connectivity index (χ0) is 14.6. The smallest absolute Gasteiger partial charge is 0.360 e. The first kappa shape index (κ1) is 15.1. The number of carboxylic acids is 2. The first-order chi connectivity index (χ1) is 8.77. The Balaban J connectivity index is 2.66.